The highest BCUT2D eigenvalue weighted by atomic mass is 16.4. The molecule has 0 rings (SSSR count). The molecule has 0 heterocycles. The summed E-state index contributed by atoms with van der Waals surface area (Å²) < 4.78 is 0. The maximum Gasteiger partial charge on any atom is 0.331 e. The number of carbonyl (C=O) groups is 3. The van der Waals surface area contributed by atoms with Crippen molar-refractivity contribution in [2.45, 2.75) is 53.5 Å². The summed E-state index contributed by atoms with van der Waals surface area (Å²) in [6, 6.07) is -0.643. The molecule has 2 amide bonds. The fourth-order valence-electron chi connectivity index (χ4n) is 1.78. The molecule has 0 aliphatic carbocycles. The minimum absolute atomic E-state index is 0.151. The van der Waals surface area contributed by atoms with Crippen molar-refractivity contribution in [3.05, 3.63) is 11.6 Å². The lowest BCUT2D eigenvalue weighted by molar-refractivity contribution is -0.138. The molecule has 0 aromatic heterocycles. The predicted octanol–water partition coefficient (Wildman–Crippen LogP) is 1.81. The maximum absolute atomic E-state index is 12.5. The average Bonchev–Trinajstić information content (AvgIpc) is 2.39. The van der Waals surface area contributed by atoms with Gasteiger partial charge in [0.25, 0.3) is 0 Å². The van der Waals surface area contributed by atoms with E-state index in [1.54, 1.807) is 7.05 Å². The van der Waals surface area contributed by atoms with E-state index in [1.165, 1.54) is 17.9 Å². The van der Waals surface area contributed by atoms with Gasteiger partial charge in [-0.1, -0.05) is 33.8 Å². The zero-order valence-electron chi connectivity index (χ0n) is 14.4. The first-order valence-electron chi connectivity index (χ1n) is 7.45. The van der Waals surface area contributed by atoms with Gasteiger partial charge in [0, 0.05) is 25.6 Å². The van der Waals surface area contributed by atoms with Crippen LogP contribution in [0.4, 0.5) is 0 Å². The fraction of sp³-hybridized carbons (Fsp3) is 0.688. The van der Waals surface area contributed by atoms with Crippen molar-refractivity contribution < 1.29 is 19.5 Å². The summed E-state index contributed by atoms with van der Waals surface area (Å²) in [5, 5.41) is 11.6. The Balaban J connectivity index is 5.00. The Morgan fingerprint density at radius 2 is 1.82 bits per heavy atom. The summed E-state index contributed by atoms with van der Waals surface area (Å²) in [5.74, 6) is -1.39. The number of likely N-dealkylation sites (N-methyl/N-ethyl adjacent to an activating group) is 1. The molecule has 2 N–H and O–H groups in total. The van der Waals surface area contributed by atoms with E-state index in [-0.39, 0.29) is 23.9 Å². The zero-order chi connectivity index (χ0) is 17.5. The molecule has 126 valence electrons. The highest BCUT2D eigenvalue weighted by Crippen LogP contribution is 2.21. The lowest BCUT2D eigenvalue weighted by atomic mass is 9.85. The topological polar surface area (TPSA) is 86.7 Å². The zero-order valence-corrected chi connectivity index (χ0v) is 14.4. The first-order chi connectivity index (χ1) is 10.0. The number of nitrogens with zero attached hydrogens (tertiary/aromatic N) is 1. The maximum atomic E-state index is 12.5. The van der Waals surface area contributed by atoms with Crippen LogP contribution in [-0.4, -0.2) is 47.4 Å². The van der Waals surface area contributed by atoms with E-state index in [2.05, 4.69) is 5.32 Å². The van der Waals surface area contributed by atoms with Crippen LogP contribution in [0.2, 0.25) is 0 Å². The molecule has 22 heavy (non-hydrogen) atoms. The summed E-state index contributed by atoms with van der Waals surface area (Å²) in [6.07, 6.45) is 2.57. The van der Waals surface area contributed by atoms with Gasteiger partial charge in [-0.2, -0.15) is 0 Å². The standard InChI is InChI=1S/C16H28N2O4/c1-7-8-12(19)17-13(16(3,4)5)14(20)18(6)10-9-11(2)15(21)22/h9,13H,7-8,10H2,1-6H3,(H,17,19)(H,21,22)/b11-9+. The van der Waals surface area contributed by atoms with Gasteiger partial charge in [0.1, 0.15) is 6.04 Å². The van der Waals surface area contributed by atoms with Crippen LogP contribution in [0, 0.1) is 5.41 Å². The molecule has 6 nitrogen and oxygen atoms in total. The quantitative estimate of drug-likeness (QED) is 0.702. The molecular formula is C16H28N2O4. The molecule has 6 heteroatoms. The van der Waals surface area contributed by atoms with Gasteiger partial charge in [-0.3, -0.25) is 9.59 Å². The first-order valence-corrected chi connectivity index (χ1v) is 7.45. The fourth-order valence-corrected chi connectivity index (χ4v) is 1.78. The Bertz CT molecular complexity index is 450. The van der Waals surface area contributed by atoms with Gasteiger partial charge < -0.3 is 15.3 Å². The lowest BCUT2D eigenvalue weighted by Crippen LogP contribution is -2.54. The van der Waals surface area contributed by atoms with E-state index in [0.717, 1.165) is 0 Å². The monoisotopic (exact) mass is 312 g/mol. The normalized spacial score (nSPS) is 13.5. The predicted molar refractivity (Wildman–Crippen MR) is 85.3 cm³/mol. The van der Waals surface area contributed by atoms with Crippen molar-refractivity contribution in [3.63, 3.8) is 0 Å². The van der Waals surface area contributed by atoms with Crippen LogP contribution in [0.5, 0.6) is 0 Å². The number of hydrogen-bond acceptors (Lipinski definition) is 3. The molecule has 0 bridgehead atoms. The van der Waals surface area contributed by atoms with Crippen LogP contribution < -0.4 is 5.32 Å². The van der Waals surface area contributed by atoms with Crippen molar-refractivity contribution in [1.29, 1.82) is 0 Å². The van der Waals surface area contributed by atoms with Crippen LogP contribution >= 0.6 is 0 Å². The molecule has 0 aliphatic heterocycles. The molecule has 0 aliphatic rings. The van der Waals surface area contributed by atoms with Gasteiger partial charge in [-0.15, -0.1) is 0 Å². The van der Waals surface area contributed by atoms with Gasteiger partial charge in [0.15, 0.2) is 0 Å². The number of carbonyl (C=O) groups excluding carboxylic acids is 2. The number of amides is 2. The van der Waals surface area contributed by atoms with Gasteiger partial charge in [0.2, 0.25) is 11.8 Å². The summed E-state index contributed by atoms with van der Waals surface area (Å²) in [7, 11) is 1.60. The van der Waals surface area contributed by atoms with E-state index in [9.17, 15) is 14.4 Å². The summed E-state index contributed by atoms with van der Waals surface area (Å²) in [5.41, 5.74) is -0.248. The molecule has 0 radical (unpaired) electrons. The molecule has 1 atom stereocenters. The molecule has 0 spiro atoms. The molecule has 0 aromatic rings. The van der Waals surface area contributed by atoms with Crippen molar-refractivity contribution in [1.82, 2.24) is 10.2 Å². The van der Waals surface area contributed by atoms with Crippen LogP contribution in [0.25, 0.3) is 0 Å². The van der Waals surface area contributed by atoms with E-state index in [4.69, 9.17) is 5.11 Å². The van der Waals surface area contributed by atoms with E-state index < -0.39 is 17.4 Å². The van der Waals surface area contributed by atoms with Crippen LogP contribution in [0.1, 0.15) is 47.5 Å². The Morgan fingerprint density at radius 3 is 2.23 bits per heavy atom. The minimum atomic E-state index is -1.01. The van der Waals surface area contributed by atoms with E-state index in [0.29, 0.717) is 12.8 Å². The van der Waals surface area contributed by atoms with Crippen LogP contribution in [0.15, 0.2) is 11.6 Å². The molecular weight excluding hydrogens is 284 g/mol. The average molecular weight is 312 g/mol. The number of carboxylic acids is 1. The third kappa shape index (κ3) is 6.74. The van der Waals surface area contributed by atoms with Gasteiger partial charge in [-0.25, -0.2) is 4.79 Å². The second kappa shape index (κ2) is 8.56. The Labute approximate surface area is 132 Å². The number of aliphatic carboxylic acids is 1. The number of carboxylic acid groups (broad SMARTS) is 1. The molecule has 0 saturated carbocycles. The van der Waals surface area contributed by atoms with Crippen molar-refractivity contribution in [2.75, 3.05) is 13.6 Å². The lowest BCUT2D eigenvalue weighted by Gasteiger charge is -2.33. The van der Waals surface area contributed by atoms with Gasteiger partial charge in [-0.05, 0) is 18.8 Å². The molecule has 0 saturated heterocycles. The second-order valence-electron chi connectivity index (χ2n) is 6.53. The van der Waals surface area contributed by atoms with Crippen LogP contribution in [-0.2, 0) is 14.4 Å². The number of hydrogen-bond donors (Lipinski definition) is 2. The molecule has 0 aromatic carbocycles. The third-order valence-corrected chi connectivity index (χ3v) is 3.28. The number of rotatable bonds is 7. The van der Waals surface area contributed by atoms with Crippen molar-refractivity contribution in [3.8, 4) is 0 Å². The molecule has 0 fully saturated rings. The largest absolute Gasteiger partial charge is 0.478 e. The smallest absolute Gasteiger partial charge is 0.331 e. The van der Waals surface area contributed by atoms with Gasteiger partial charge >= 0.3 is 5.97 Å². The highest BCUT2D eigenvalue weighted by Gasteiger charge is 2.34. The summed E-state index contributed by atoms with van der Waals surface area (Å²) >= 11 is 0. The minimum Gasteiger partial charge on any atom is -0.478 e. The number of nitrogens with one attached hydrogen (secondary N) is 1. The third-order valence-electron chi connectivity index (χ3n) is 3.28. The Morgan fingerprint density at radius 1 is 1.27 bits per heavy atom. The van der Waals surface area contributed by atoms with Crippen LogP contribution in [0.3, 0.4) is 0 Å². The first kappa shape index (κ1) is 20.1. The second-order valence-corrected chi connectivity index (χ2v) is 6.53. The Kier molecular flexibility index (Phi) is 7.84. The highest BCUT2D eigenvalue weighted by molar-refractivity contribution is 5.89. The van der Waals surface area contributed by atoms with Gasteiger partial charge in [0.05, 0.1) is 0 Å². The van der Waals surface area contributed by atoms with Crippen molar-refractivity contribution in [2.24, 2.45) is 5.41 Å². The summed E-state index contributed by atoms with van der Waals surface area (Å²) in [6.45, 7) is 9.22. The molecule has 1 unspecified atom stereocenters. The Hall–Kier alpha value is -1.85. The SMILES string of the molecule is CCCC(=O)NC(C(=O)N(C)C/C=C(\C)C(=O)O)C(C)(C)C. The summed E-state index contributed by atoms with van der Waals surface area (Å²) in [4.78, 5) is 36.5. The van der Waals surface area contributed by atoms with E-state index in [1.807, 2.05) is 27.7 Å². The van der Waals surface area contributed by atoms with E-state index >= 15 is 0 Å². The van der Waals surface area contributed by atoms with Crippen molar-refractivity contribution >= 4 is 17.8 Å².